The molecule has 0 saturated carbocycles. The molecule has 0 aliphatic rings. The molecule has 0 spiro atoms. The maximum Gasteiger partial charge on any atom is 0.0897 e. The Morgan fingerprint density at radius 1 is 0.654 bits per heavy atom. The molecule has 0 aliphatic carbocycles. The predicted octanol–water partition coefficient (Wildman–Crippen LogP) is 2.08. The number of nitrogens with one attached hydrogen (secondary N) is 2. The Hall–Kier alpha value is -0.240. The molecule has 6 heteroatoms. The first-order valence-corrected chi connectivity index (χ1v) is 10.6. The lowest BCUT2D eigenvalue weighted by Gasteiger charge is -2.14. The minimum absolute atomic E-state index is 0.390. The predicted molar refractivity (Wildman–Crippen MR) is 108 cm³/mol. The Labute approximate surface area is 161 Å². The first-order chi connectivity index (χ1) is 12.7. The second-order valence-corrected chi connectivity index (χ2v) is 6.99. The van der Waals surface area contributed by atoms with E-state index in [0.29, 0.717) is 26.3 Å². The average molecular weight is 377 g/mol. The van der Waals surface area contributed by atoms with Crippen molar-refractivity contribution in [3.63, 3.8) is 0 Å². The minimum Gasteiger partial charge on any atom is -0.389 e. The van der Waals surface area contributed by atoms with Crippen molar-refractivity contribution in [3.05, 3.63) is 0 Å². The van der Waals surface area contributed by atoms with Crippen molar-refractivity contribution in [2.45, 2.75) is 77.4 Å². The first kappa shape index (κ1) is 25.8. The van der Waals surface area contributed by atoms with E-state index in [1.807, 2.05) is 0 Å². The number of hydrogen-bond donors (Lipinski definition) is 4. The summed E-state index contributed by atoms with van der Waals surface area (Å²) in [6.45, 7) is 9.18. The fraction of sp³-hybridized carbons (Fsp3) is 1.00. The van der Waals surface area contributed by atoms with Gasteiger partial charge in [-0.3, -0.25) is 0 Å². The number of aliphatic hydroxyl groups is 2. The molecule has 0 rings (SSSR count). The quantitative estimate of drug-likeness (QED) is 0.230. The van der Waals surface area contributed by atoms with E-state index in [0.717, 1.165) is 39.1 Å². The molecule has 0 aromatic rings. The van der Waals surface area contributed by atoms with Crippen molar-refractivity contribution in [3.8, 4) is 0 Å². The van der Waals surface area contributed by atoms with Crippen LogP contribution >= 0.6 is 0 Å². The highest BCUT2D eigenvalue weighted by Gasteiger charge is 2.05. The summed E-state index contributed by atoms with van der Waals surface area (Å²) in [4.78, 5) is 0. The second kappa shape index (κ2) is 21.1. The average Bonchev–Trinajstić information content (AvgIpc) is 2.63. The van der Waals surface area contributed by atoms with Gasteiger partial charge in [0.1, 0.15) is 0 Å². The van der Waals surface area contributed by atoms with Crippen molar-refractivity contribution in [1.29, 1.82) is 0 Å². The van der Waals surface area contributed by atoms with E-state index in [2.05, 4.69) is 24.5 Å². The molecule has 2 atom stereocenters. The summed E-state index contributed by atoms with van der Waals surface area (Å²) in [5.74, 6) is 0. The Morgan fingerprint density at radius 3 is 1.46 bits per heavy atom. The molecule has 0 saturated heterocycles. The van der Waals surface area contributed by atoms with Gasteiger partial charge in [0.15, 0.2) is 0 Å². The van der Waals surface area contributed by atoms with Gasteiger partial charge in [-0.2, -0.15) is 0 Å². The third-order valence-corrected chi connectivity index (χ3v) is 4.14. The van der Waals surface area contributed by atoms with Crippen LogP contribution < -0.4 is 10.6 Å². The fourth-order valence-electron chi connectivity index (χ4n) is 2.53. The Morgan fingerprint density at radius 2 is 1.08 bits per heavy atom. The Balaban J connectivity index is 3.25. The summed E-state index contributed by atoms with van der Waals surface area (Å²) in [5, 5.41) is 26.0. The maximum atomic E-state index is 9.81. The molecule has 0 radical (unpaired) electrons. The minimum atomic E-state index is -0.465. The molecule has 0 fully saturated rings. The van der Waals surface area contributed by atoms with E-state index < -0.39 is 12.2 Å². The SMILES string of the molecule is CCCCCCOC[C@H](O)CNCCNC[C@H](O)COCCCCCC. The van der Waals surface area contributed by atoms with Gasteiger partial charge < -0.3 is 30.3 Å². The number of hydrogen-bond acceptors (Lipinski definition) is 6. The van der Waals surface area contributed by atoms with Crippen LogP contribution in [-0.2, 0) is 9.47 Å². The van der Waals surface area contributed by atoms with Crippen LogP contribution in [0, 0.1) is 0 Å². The van der Waals surface area contributed by atoms with Gasteiger partial charge in [-0.1, -0.05) is 52.4 Å². The lowest BCUT2D eigenvalue weighted by atomic mass is 10.2. The second-order valence-electron chi connectivity index (χ2n) is 6.99. The molecule has 0 heterocycles. The summed E-state index contributed by atoms with van der Waals surface area (Å²) >= 11 is 0. The van der Waals surface area contributed by atoms with Crippen LogP contribution in [0.2, 0.25) is 0 Å². The van der Waals surface area contributed by atoms with Crippen LogP contribution in [0.25, 0.3) is 0 Å². The van der Waals surface area contributed by atoms with Crippen LogP contribution in [-0.4, -0.2) is 75.0 Å². The van der Waals surface area contributed by atoms with Gasteiger partial charge in [-0.25, -0.2) is 0 Å². The van der Waals surface area contributed by atoms with Crippen LogP contribution in [0.4, 0.5) is 0 Å². The van der Waals surface area contributed by atoms with Gasteiger partial charge in [-0.15, -0.1) is 0 Å². The van der Waals surface area contributed by atoms with Crippen LogP contribution in [0.15, 0.2) is 0 Å². The van der Waals surface area contributed by atoms with Crippen LogP contribution in [0.3, 0.4) is 0 Å². The zero-order valence-corrected chi connectivity index (χ0v) is 17.2. The molecular weight excluding hydrogens is 332 g/mol. The van der Waals surface area contributed by atoms with E-state index in [-0.39, 0.29) is 0 Å². The van der Waals surface area contributed by atoms with Gasteiger partial charge in [0.25, 0.3) is 0 Å². The molecule has 0 amide bonds. The van der Waals surface area contributed by atoms with E-state index >= 15 is 0 Å². The zero-order valence-electron chi connectivity index (χ0n) is 17.2. The monoisotopic (exact) mass is 376 g/mol. The van der Waals surface area contributed by atoms with Crippen LogP contribution in [0.1, 0.15) is 65.2 Å². The highest BCUT2D eigenvalue weighted by atomic mass is 16.5. The van der Waals surface area contributed by atoms with Crippen LogP contribution in [0.5, 0.6) is 0 Å². The van der Waals surface area contributed by atoms with Gasteiger partial charge in [0.05, 0.1) is 25.4 Å². The summed E-state index contributed by atoms with van der Waals surface area (Å²) in [7, 11) is 0. The summed E-state index contributed by atoms with van der Waals surface area (Å²) in [6.07, 6.45) is 8.57. The number of aliphatic hydroxyl groups excluding tert-OH is 2. The normalized spacial score (nSPS) is 13.8. The van der Waals surface area contributed by atoms with E-state index in [4.69, 9.17) is 9.47 Å². The molecule has 0 unspecified atom stereocenters. The van der Waals surface area contributed by atoms with Gasteiger partial charge in [0.2, 0.25) is 0 Å². The Bertz CT molecular complexity index is 244. The Kier molecular flexibility index (Phi) is 20.9. The lowest BCUT2D eigenvalue weighted by Crippen LogP contribution is -2.37. The highest BCUT2D eigenvalue weighted by molar-refractivity contribution is 4.62. The summed E-state index contributed by atoms with van der Waals surface area (Å²) in [6, 6.07) is 0. The van der Waals surface area contributed by atoms with Crippen molar-refractivity contribution in [2.24, 2.45) is 0 Å². The third kappa shape index (κ3) is 20.1. The molecule has 0 aliphatic heterocycles. The molecule has 6 nitrogen and oxygen atoms in total. The topological polar surface area (TPSA) is 83.0 Å². The number of ether oxygens (including phenoxy) is 2. The first-order valence-electron chi connectivity index (χ1n) is 10.6. The molecule has 0 aromatic carbocycles. The summed E-state index contributed by atoms with van der Waals surface area (Å²) < 4.78 is 10.9. The van der Waals surface area contributed by atoms with Crippen molar-refractivity contribution >= 4 is 0 Å². The molecule has 0 aromatic heterocycles. The lowest BCUT2D eigenvalue weighted by molar-refractivity contribution is 0.0339. The highest BCUT2D eigenvalue weighted by Crippen LogP contribution is 2.00. The number of rotatable bonds is 21. The summed E-state index contributed by atoms with van der Waals surface area (Å²) in [5.41, 5.74) is 0. The molecule has 0 bridgehead atoms. The third-order valence-electron chi connectivity index (χ3n) is 4.14. The largest absolute Gasteiger partial charge is 0.389 e. The van der Waals surface area contributed by atoms with E-state index in [1.165, 1.54) is 38.5 Å². The smallest absolute Gasteiger partial charge is 0.0897 e. The van der Waals surface area contributed by atoms with Crippen molar-refractivity contribution in [1.82, 2.24) is 10.6 Å². The number of unbranched alkanes of at least 4 members (excludes halogenated alkanes) is 6. The molecule has 26 heavy (non-hydrogen) atoms. The van der Waals surface area contributed by atoms with Gasteiger partial charge in [0, 0.05) is 39.4 Å². The van der Waals surface area contributed by atoms with Crippen molar-refractivity contribution in [2.75, 3.05) is 52.6 Å². The molecule has 4 N–H and O–H groups in total. The van der Waals surface area contributed by atoms with Gasteiger partial charge >= 0.3 is 0 Å². The standard InChI is InChI=1S/C20H44N2O4/c1-3-5-7-9-13-25-17-19(23)15-21-11-12-22-16-20(24)18-26-14-10-8-6-4-2/h19-24H,3-18H2,1-2H3/t19-,20+. The van der Waals surface area contributed by atoms with Gasteiger partial charge in [-0.05, 0) is 12.8 Å². The molecular formula is C20H44N2O4. The van der Waals surface area contributed by atoms with Crippen molar-refractivity contribution < 1.29 is 19.7 Å². The zero-order chi connectivity index (χ0) is 19.3. The molecule has 158 valence electrons. The maximum absolute atomic E-state index is 9.81. The van der Waals surface area contributed by atoms with E-state index in [9.17, 15) is 10.2 Å². The fourth-order valence-corrected chi connectivity index (χ4v) is 2.53. The van der Waals surface area contributed by atoms with E-state index in [1.54, 1.807) is 0 Å².